The van der Waals surface area contributed by atoms with E-state index in [-0.39, 0.29) is 0 Å². The summed E-state index contributed by atoms with van der Waals surface area (Å²) < 4.78 is 10.9. The topological polar surface area (TPSA) is 18.5 Å². The SMILES string of the molecule is CO[C](=[Cr])c1cccc(OC)c1. The normalized spacial score (nSPS) is 9.50. The molecule has 0 spiro atoms. The Morgan fingerprint density at radius 3 is 2.67 bits per heavy atom. The van der Waals surface area contributed by atoms with Gasteiger partial charge in [-0.05, 0) is 0 Å². The van der Waals surface area contributed by atoms with Gasteiger partial charge >= 0.3 is 79.7 Å². The summed E-state index contributed by atoms with van der Waals surface area (Å²) in [6.07, 6.45) is 0. The van der Waals surface area contributed by atoms with Gasteiger partial charge in [0.05, 0.1) is 0 Å². The summed E-state index contributed by atoms with van der Waals surface area (Å²) >= 11 is 2.83. The van der Waals surface area contributed by atoms with Crippen LogP contribution in [0.1, 0.15) is 5.56 Å². The van der Waals surface area contributed by atoms with Gasteiger partial charge in [-0.3, -0.25) is 0 Å². The minimum atomic E-state index is 0.772. The predicted molar refractivity (Wildman–Crippen MR) is 44.1 cm³/mol. The molecule has 0 saturated carbocycles. The molecule has 0 fully saturated rings. The van der Waals surface area contributed by atoms with Crippen LogP contribution >= 0.6 is 0 Å². The van der Waals surface area contributed by atoms with E-state index in [2.05, 4.69) is 15.9 Å². The van der Waals surface area contributed by atoms with Crippen LogP contribution in [0.15, 0.2) is 24.3 Å². The quantitative estimate of drug-likeness (QED) is 0.736. The fourth-order valence-corrected chi connectivity index (χ4v) is 1.07. The Balaban J connectivity index is 2.93. The molecule has 3 heteroatoms. The zero-order chi connectivity index (χ0) is 8.97. The van der Waals surface area contributed by atoms with Gasteiger partial charge in [0.15, 0.2) is 0 Å². The molecule has 0 N–H and O–H groups in total. The maximum atomic E-state index is 5.07. The van der Waals surface area contributed by atoms with Gasteiger partial charge in [0, 0.05) is 0 Å². The summed E-state index contributed by atoms with van der Waals surface area (Å²) in [5.41, 5.74) is 0.997. The number of rotatable bonds is 3. The van der Waals surface area contributed by atoms with Gasteiger partial charge in [-0.1, -0.05) is 0 Å². The second-order valence-corrected chi connectivity index (χ2v) is 2.80. The van der Waals surface area contributed by atoms with Crippen molar-refractivity contribution >= 4 is 4.57 Å². The number of hydrogen-bond donors (Lipinski definition) is 0. The van der Waals surface area contributed by atoms with Crippen LogP contribution in [0.4, 0.5) is 0 Å². The molecule has 0 aromatic heterocycles. The van der Waals surface area contributed by atoms with Crippen molar-refractivity contribution in [2.24, 2.45) is 0 Å². The van der Waals surface area contributed by atoms with E-state index in [4.69, 9.17) is 9.47 Å². The van der Waals surface area contributed by atoms with Crippen molar-refractivity contribution in [1.29, 1.82) is 0 Å². The molecule has 0 aliphatic carbocycles. The Kier molecular flexibility index (Phi) is 3.49. The van der Waals surface area contributed by atoms with E-state index in [9.17, 15) is 0 Å². The van der Waals surface area contributed by atoms with Crippen molar-refractivity contribution in [2.75, 3.05) is 14.2 Å². The first-order valence-electron chi connectivity index (χ1n) is 3.50. The first-order chi connectivity index (χ1) is 5.77. The van der Waals surface area contributed by atoms with Crippen LogP contribution in [-0.2, 0) is 20.6 Å². The summed E-state index contributed by atoms with van der Waals surface area (Å²) in [6.45, 7) is 0. The van der Waals surface area contributed by atoms with E-state index in [0.29, 0.717) is 0 Å². The standard InChI is InChI=1S/C9H10O2.Cr/c1-10-7-8-4-3-5-9(6-8)11-2;/h3-6H,1-2H3;. The van der Waals surface area contributed by atoms with Crippen LogP contribution < -0.4 is 4.74 Å². The van der Waals surface area contributed by atoms with Crippen LogP contribution in [0.3, 0.4) is 0 Å². The number of methoxy groups -OCH3 is 2. The molecule has 0 saturated heterocycles. The molecule has 0 aliphatic rings. The van der Waals surface area contributed by atoms with Gasteiger partial charge < -0.3 is 0 Å². The van der Waals surface area contributed by atoms with Crippen molar-refractivity contribution in [3.05, 3.63) is 29.8 Å². The first kappa shape index (κ1) is 9.47. The summed E-state index contributed by atoms with van der Waals surface area (Å²) in [6, 6.07) is 7.68. The van der Waals surface area contributed by atoms with E-state index < -0.39 is 0 Å². The number of benzene rings is 1. The van der Waals surface area contributed by atoms with Crippen LogP contribution in [-0.4, -0.2) is 18.8 Å². The van der Waals surface area contributed by atoms with Crippen LogP contribution in [0.5, 0.6) is 5.75 Å². The van der Waals surface area contributed by atoms with Crippen LogP contribution in [0.25, 0.3) is 0 Å². The van der Waals surface area contributed by atoms with E-state index in [0.717, 1.165) is 15.9 Å². The van der Waals surface area contributed by atoms with Crippen molar-refractivity contribution in [3.63, 3.8) is 0 Å². The molecule has 0 heterocycles. The van der Waals surface area contributed by atoms with Crippen molar-refractivity contribution in [2.45, 2.75) is 0 Å². The number of hydrogen-bond acceptors (Lipinski definition) is 2. The molecule has 1 rings (SSSR count). The number of ether oxygens (including phenoxy) is 2. The summed E-state index contributed by atoms with van der Waals surface area (Å²) in [5, 5.41) is 0. The molecule has 12 heavy (non-hydrogen) atoms. The maximum absolute atomic E-state index is 5.07. The molecular formula is C9H10CrO2. The average Bonchev–Trinajstić information content (AvgIpc) is 2.17. The second-order valence-electron chi connectivity index (χ2n) is 2.22. The summed E-state index contributed by atoms with van der Waals surface area (Å²) in [7, 11) is 3.27. The summed E-state index contributed by atoms with van der Waals surface area (Å²) in [5.74, 6) is 0.831. The van der Waals surface area contributed by atoms with E-state index in [1.807, 2.05) is 24.3 Å². The van der Waals surface area contributed by atoms with Gasteiger partial charge in [0.1, 0.15) is 0 Å². The molecule has 0 aliphatic heterocycles. The van der Waals surface area contributed by atoms with E-state index in [1.165, 1.54) is 0 Å². The monoisotopic (exact) mass is 202 g/mol. The molecule has 0 radical (unpaired) electrons. The van der Waals surface area contributed by atoms with Crippen molar-refractivity contribution in [3.8, 4) is 5.75 Å². The Hall–Kier alpha value is -0.618. The zero-order valence-electron chi connectivity index (χ0n) is 7.03. The Bertz CT molecular complexity index is 284. The van der Waals surface area contributed by atoms with E-state index >= 15 is 0 Å². The van der Waals surface area contributed by atoms with Gasteiger partial charge in [0.25, 0.3) is 0 Å². The first-order valence-corrected chi connectivity index (χ1v) is 4.14. The minimum absolute atomic E-state index is 0.772. The van der Waals surface area contributed by atoms with Crippen molar-refractivity contribution in [1.82, 2.24) is 0 Å². The van der Waals surface area contributed by atoms with E-state index in [1.54, 1.807) is 14.2 Å². The Morgan fingerprint density at radius 1 is 1.33 bits per heavy atom. The Labute approximate surface area is 80.1 Å². The fourth-order valence-electron chi connectivity index (χ4n) is 0.868. The Morgan fingerprint density at radius 2 is 2.08 bits per heavy atom. The second kappa shape index (κ2) is 4.42. The zero-order valence-corrected chi connectivity index (χ0v) is 8.31. The third kappa shape index (κ3) is 2.18. The molecule has 1 aromatic rings. The average molecular weight is 202 g/mol. The molecule has 0 amide bonds. The predicted octanol–water partition coefficient (Wildman–Crippen LogP) is 1.37. The van der Waals surface area contributed by atoms with Gasteiger partial charge in [-0.2, -0.15) is 0 Å². The van der Waals surface area contributed by atoms with Gasteiger partial charge in [-0.15, -0.1) is 0 Å². The van der Waals surface area contributed by atoms with Gasteiger partial charge in [0.2, 0.25) is 0 Å². The third-order valence-corrected chi connectivity index (χ3v) is 2.12. The molecule has 2 nitrogen and oxygen atoms in total. The van der Waals surface area contributed by atoms with Crippen LogP contribution in [0, 0.1) is 0 Å². The molecule has 0 unspecified atom stereocenters. The fraction of sp³-hybridized carbons (Fsp3) is 0.222. The van der Waals surface area contributed by atoms with Crippen LogP contribution in [0.2, 0.25) is 0 Å². The third-order valence-electron chi connectivity index (χ3n) is 1.49. The summed E-state index contributed by atoms with van der Waals surface area (Å²) in [4.78, 5) is 0. The molecule has 0 bridgehead atoms. The van der Waals surface area contributed by atoms with Gasteiger partial charge in [-0.25, -0.2) is 0 Å². The molecule has 1 aromatic carbocycles. The molecule has 0 atom stereocenters. The molecule has 64 valence electrons. The van der Waals surface area contributed by atoms with Crippen molar-refractivity contribution < 1.29 is 25.3 Å². The molecular weight excluding hydrogens is 192 g/mol.